The molecular formula is C16H20N6O2. The highest BCUT2D eigenvalue weighted by molar-refractivity contribution is 5.86. The molecule has 1 fully saturated rings. The molecule has 0 amide bonds. The van der Waals surface area contributed by atoms with E-state index in [0.717, 1.165) is 37.6 Å². The first kappa shape index (κ1) is 16.1. The van der Waals surface area contributed by atoms with Gasteiger partial charge in [-0.25, -0.2) is 4.79 Å². The van der Waals surface area contributed by atoms with E-state index in [1.54, 1.807) is 18.3 Å². The molecule has 126 valence electrons. The molecule has 0 spiro atoms. The van der Waals surface area contributed by atoms with Gasteiger partial charge in [-0.1, -0.05) is 0 Å². The van der Waals surface area contributed by atoms with E-state index in [4.69, 9.17) is 0 Å². The third kappa shape index (κ3) is 3.42. The minimum absolute atomic E-state index is 0.208. The Bertz CT molecular complexity index is 679. The Kier molecular flexibility index (Phi) is 4.83. The second kappa shape index (κ2) is 7.20. The molecule has 1 aliphatic rings. The Hall–Kier alpha value is -2.77. The van der Waals surface area contributed by atoms with Crippen molar-refractivity contribution in [1.29, 1.82) is 0 Å². The zero-order valence-electron chi connectivity index (χ0n) is 13.8. The lowest BCUT2D eigenvalue weighted by Crippen LogP contribution is -2.47. The van der Waals surface area contributed by atoms with Crippen LogP contribution < -0.4 is 9.80 Å². The number of ether oxygens (including phenoxy) is 1. The number of methoxy groups -OCH3 is 1. The molecule has 0 N–H and O–H groups in total. The predicted octanol–water partition coefficient (Wildman–Crippen LogP) is 1.16. The van der Waals surface area contributed by atoms with E-state index in [1.165, 1.54) is 7.11 Å². The lowest BCUT2D eigenvalue weighted by atomic mass is 10.0. The maximum absolute atomic E-state index is 11.4. The number of anilines is 2. The lowest BCUT2D eigenvalue weighted by Gasteiger charge is -2.38. The van der Waals surface area contributed by atoms with Gasteiger partial charge in [-0.05, 0) is 37.1 Å². The number of carbonyl (C=O) groups is 1. The third-order valence-corrected chi connectivity index (χ3v) is 4.23. The van der Waals surface area contributed by atoms with E-state index in [9.17, 15) is 4.79 Å². The normalized spacial score (nSPS) is 17.4. The summed E-state index contributed by atoms with van der Waals surface area (Å²) in [6.45, 7) is 1.81. The van der Waals surface area contributed by atoms with E-state index in [1.807, 2.05) is 19.2 Å². The SMILES string of the molecule is COC(=O)c1ccc(N(C)C2CCCN(c3cccnn3)C2)nn1. The van der Waals surface area contributed by atoms with E-state index in [-0.39, 0.29) is 5.69 Å². The van der Waals surface area contributed by atoms with Crippen molar-refractivity contribution in [3.63, 3.8) is 0 Å². The van der Waals surface area contributed by atoms with Crippen LogP contribution in [0, 0.1) is 0 Å². The van der Waals surface area contributed by atoms with Crippen molar-refractivity contribution in [3.8, 4) is 0 Å². The first-order valence-electron chi connectivity index (χ1n) is 7.86. The van der Waals surface area contributed by atoms with Crippen LogP contribution in [-0.2, 0) is 4.74 Å². The number of hydrogen-bond acceptors (Lipinski definition) is 8. The van der Waals surface area contributed by atoms with Gasteiger partial charge >= 0.3 is 5.97 Å². The molecule has 0 bridgehead atoms. The Morgan fingerprint density at radius 1 is 1.29 bits per heavy atom. The van der Waals surface area contributed by atoms with E-state index < -0.39 is 5.97 Å². The topological polar surface area (TPSA) is 84.3 Å². The fraction of sp³-hybridized carbons (Fsp3) is 0.438. The van der Waals surface area contributed by atoms with Crippen LogP contribution in [0.1, 0.15) is 23.3 Å². The summed E-state index contributed by atoms with van der Waals surface area (Å²) >= 11 is 0. The Balaban J connectivity index is 1.70. The Labute approximate surface area is 140 Å². The minimum atomic E-state index is -0.483. The van der Waals surface area contributed by atoms with Crippen molar-refractivity contribution in [1.82, 2.24) is 20.4 Å². The maximum Gasteiger partial charge on any atom is 0.358 e. The molecular weight excluding hydrogens is 308 g/mol. The summed E-state index contributed by atoms with van der Waals surface area (Å²) < 4.78 is 4.64. The van der Waals surface area contributed by atoms with Crippen LogP contribution in [0.15, 0.2) is 30.5 Å². The second-order valence-electron chi connectivity index (χ2n) is 5.70. The molecule has 0 aromatic carbocycles. The number of piperidine rings is 1. The van der Waals surface area contributed by atoms with Crippen LogP contribution in [-0.4, -0.2) is 59.7 Å². The molecule has 0 saturated carbocycles. The molecule has 1 saturated heterocycles. The van der Waals surface area contributed by atoms with E-state index >= 15 is 0 Å². The Morgan fingerprint density at radius 2 is 2.17 bits per heavy atom. The molecule has 1 aliphatic heterocycles. The van der Waals surface area contributed by atoms with Gasteiger partial charge in [0, 0.05) is 32.4 Å². The molecule has 24 heavy (non-hydrogen) atoms. The number of nitrogens with zero attached hydrogens (tertiary/aromatic N) is 6. The van der Waals surface area contributed by atoms with Gasteiger partial charge in [-0.15, -0.1) is 15.3 Å². The molecule has 0 aliphatic carbocycles. The minimum Gasteiger partial charge on any atom is -0.464 e. The molecule has 2 aromatic heterocycles. The van der Waals surface area contributed by atoms with Crippen LogP contribution in [0.25, 0.3) is 0 Å². The van der Waals surface area contributed by atoms with Crippen LogP contribution in [0.5, 0.6) is 0 Å². The van der Waals surface area contributed by atoms with Gasteiger partial charge in [0.15, 0.2) is 17.3 Å². The summed E-state index contributed by atoms with van der Waals surface area (Å²) in [5.74, 6) is 1.14. The number of esters is 1. The number of carbonyl (C=O) groups excluding carboxylic acids is 1. The van der Waals surface area contributed by atoms with Gasteiger partial charge in [0.25, 0.3) is 0 Å². The van der Waals surface area contributed by atoms with E-state index in [2.05, 4.69) is 34.9 Å². The maximum atomic E-state index is 11.4. The summed E-state index contributed by atoms with van der Waals surface area (Å²) in [5, 5.41) is 16.2. The smallest absolute Gasteiger partial charge is 0.358 e. The first-order chi connectivity index (χ1) is 11.7. The standard InChI is InChI=1S/C16H20N6O2/c1-21(14-8-7-13(18-20-14)16(23)24-2)12-5-4-10-22(11-12)15-6-3-9-17-19-15/h3,6-9,12H,4-5,10-11H2,1-2H3. The van der Waals surface area contributed by atoms with Crippen molar-refractivity contribution < 1.29 is 9.53 Å². The van der Waals surface area contributed by atoms with Gasteiger partial charge in [-0.3, -0.25) is 0 Å². The van der Waals surface area contributed by atoms with Crippen molar-refractivity contribution in [2.75, 3.05) is 37.0 Å². The molecule has 2 aromatic rings. The fourth-order valence-corrected chi connectivity index (χ4v) is 2.85. The fourth-order valence-electron chi connectivity index (χ4n) is 2.85. The highest BCUT2D eigenvalue weighted by atomic mass is 16.5. The molecule has 3 heterocycles. The summed E-state index contributed by atoms with van der Waals surface area (Å²) in [7, 11) is 3.32. The van der Waals surface area contributed by atoms with Crippen molar-refractivity contribution in [2.45, 2.75) is 18.9 Å². The summed E-state index contributed by atoms with van der Waals surface area (Å²) in [6, 6.07) is 7.58. The Morgan fingerprint density at radius 3 is 2.83 bits per heavy atom. The van der Waals surface area contributed by atoms with Gasteiger partial charge in [0.1, 0.15) is 0 Å². The van der Waals surface area contributed by atoms with Gasteiger partial charge in [-0.2, -0.15) is 5.10 Å². The third-order valence-electron chi connectivity index (χ3n) is 4.23. The number of rotatable bonds is 4. The van der Waals surface area contributed by atoms with Crippen LogP contribution in [0.3, 0.4) is 0 Å². The highest BCUT2D eigenvalue weighted by Gasteiger charge is 2.25. The van der Waals surface area contributed by atoms with Crippen LogP contribution in [0.4, 0.5) is 11.6 Å². The molecule has 1 unspecified atom stereocenters. The average molecular weight is 328 g/mol. The first-order valence-corrected chi connectivity index (χ1v) is 7.86. The van der Waals surface area contributed by atoms with Gasteiger partial charge in [0.2, 0.25) is 0 Å². The van der Waals surface area contributed by atoms with Gasteiger partial charge in [0.05, 0.1) is 7.11 Å². The van der Waals surface area contributed by atoms with E-state index in [0.29, 0.717) is 6.04 Å². The quantitative estimate of drug-likeness (QED) is 0.773. The van der Waals surface area contributed by atoms with Crippen LogP contribution in [0.2, 0.25) is 0 Å². The molecule has 3 rings (SSSR count). The zero-order chi connectivity index (χ0) is 16.9. The highest BCUT2D eigenvalue weighted by Crippen LogP contribution is 2.22. The average Bonchev–Trinajstić information content (AvgIpc) is 2.67. The number of likely N-dealkylation sites (N-methyl/N-ethyl adjacent to an activating group) is 1. The molecule has 8 heteroatoms. The lowest BCUT2D eigenvalue weighted by molar-refractivity contribution is 0.0592. The predicted molar refractivity (Wildman–Crippen MR) is 89.0 cm³/mol. The molecule has 0 radical (unpaired) electrons. The summed E-state index contributed by atoms with van der Waals surface area (Å²) in [5.41, 5.74) is 0.208. The summed E-state index contributed by atoms with van der Waals surface area (Å²) in [4.78, 5) is 15.8. The van der Waals surface area contributed by atoms with Gasteiger partial charge < -0.3 is 14.5 Å². The monoisotopic (exact) mass is 328 g/mol. The molecule has 8 nitrogen and oxygen atoms in total. The largest absolute Gasteiger partial charge is 0.464 e. The number of hydrogen-bond donors (Lipinski definition) is 0. The van der Waals surface area contributed by atoms with Crippen molar-refractivity contribution in [2.24, 2.45) is 0 Å². The molecule has 1 atom stereocenters. The number of aromatic nitrogens is 4. The summed E-state index contributed by atoms with van der Waals surface area (Å²) in [6.07, 6.45) is 3.81. The van der Waals surface area contributed by atoms with Crippen molar-refractivity contribution >= 4 is 17.6 Å². The second-order valence-corrected chi connectivity index (χ2v) is 5.70. The van der Waals surface area contributed by atoms with Crippen molar-refractivity contribution in [3.05, 3.63) is 36.2 Å². The van der Waals surface area contributed by atoms with Crippen LogP contribution >= 0.6 is 0 Å². The zero-order valence-corrected chi connectivity index (χ0v) is 13.8.